The highest BCUT2D eigenvalue weighted by molar-refractivity contribution is 5.93. The van der Waals surface area contributed by atoms with Crippen LogP contribution in [0.5, 0.6) is 5.75 Å². The van der Waals surface area contributed by atoms with Crippen molar-refractivity contribution in [3.63, 3.8) is 0 Å². The Labute approximate surface area is 190 Å². The quantitative estimate of drug-likeness (QED) is 0.509. The van der Waals surface area contributed by atoms with Crippen LogP contribution in [0.15, 0.2) is 73.6 Å². The molecule has 0 spiro atoms. The third-order valence-electron chi connectivity index (χ3n) is 6.21. The lowest BCUT2D eigenvalue weighted by Crippen LogP contribution is -2.44. The Morgan fingerprint density at radius 3 is 2.44 bits per heavy atom. The second-order valence-electron chi connectivity index (χ2n) is 8.14. The third-order valence-corrected chi connectivity index (χ3v) is 6.21. The van der Waals surface area contributed by atoms with Gasteiger partial charge in [-0.15, -0.1) is 0 Å². The van der Waals surface area contributed by atoms with Crippen molar-refractivity contribution in [3.05, 3.63) is 73.6 Å². The summed E-state index contributed by atoms with van der Waals surface area (Å²) in [5.41, 5.74) is 4.18. The van der Waals surface area contributed by atoms with Crippen molar-refractivity contribution in [2.24, 2.45) is 0 Å². The molecule has 6 heteroatoms. The standard InChI is InChI=1S/C26H31N5O/c1-6-8-20(7-2)19(3)31-24(21-9-11-22(32-5)12-10-21)17-23-25(27-18-28-26(23)31)30-15-13-29(4)14-16-30/h6-12,17-19H,1-2,13-16H2,3-5H3/b20-8+. The van der Waals surface area contributed by atoms with E-state index in [1.54, 1.807) is 19.5 Å². The van der Waals surface area contributed by atoms with Crippen LogP contribution in [0.25, 0.3) is 22.3 Å². The van der Waals surface area contributed by atoms with Gasteiger partial charge in [0.1, 0.15) is 23.5 Å². The Morgan fingerprint density at radius 2 is 1.81 bits per heavy atom. The highest BCUT2D eigenvalue weighted by Crippen LogP contribution is 2.37. The van der Waals surface area contributed by atoms with Crippen molar-refractivity contribution in [2.45, 2.75) is 13.0 Å². The van der Waals surface area contributed by atoms with E-state index in [0.29, 0.717) is 0 Å². The van der Waals surface area contributed by atoms with Gasteiger partial charge in [-0.1, -0.05) is 31.4 Å². The lowest BCUT2D eigenvalue weighted by atomic mass is 10.1. The van der Waals surface area contributed by atoms with Gasteiger partial charge in [0.2, 0.25) is 0 Å². The van der Waals surface area contributed by atoms with Crippen molar-refractivity contribution >= 4 is 16.9 Å². The fourth-order valence-corrected chi connectivity index (χ4v) is 4.33. The molecule has 1 atom stereocenters. The van der Waals surface area contributed by atoms with E-state index < -0.39 is 0 Å². The van der Waals surface area contributed by atoms with Crippen LogP contribution in [-0.4, -0.2) is 59.8 Å². The van der Waals surface area contributed by atoms with Gasteiger partial charge in [-0.05, 0) is 55.4 Å². The van der Waals surface area contributed by atoms with Crippen LogP contribution in [0, 0.1) is 0 Å². The molecule has 0 N–H and O–H groups in total. The average Bonchev–Trinajstić information content (AvgIpc) is 3.22. The maximum atomic E-state index is 5.36. The number of rotatable bonds is 7. The number of methoxy groups -OCH3 is 1. The molecule has 0 bridgehead atoms. The summed E-state index contributed by atoms with van der Waals surface area (Å²) in [7, 11) is 3.85. The van der Waals surface area contributed by atoms with Crippen LogP contribution in [0.4, 0.5) is 5.82 Å². The summed E-state index contributed by atoms with van der Waals surface area (Å²) in [4.78, 5) is 14.2. The molecule has 1 aliphatic rings. The van der Waals surface area contributed by atoms with E-state index in [0.717, 1.165) is 65.6 Å². The van der Waals surface area contributed by atoms with Gasteiger partial charge in [0.25, 0.3) is 0 Å². The fourth-order valence-electron chi connectivity index (χ4n) is 4.33. The second-order valence-corrected chi connectivity index (χ2v) is 8.14. The van der Waals surface area contributed by atoms with Gasteiger partial charge in [-0.2, -0.15) is 0 Å². The van der Waals surface area contributed by atoms with Gasteiger partial charge in [0.05, 0.1) is 24.2 Å². The lowest BCUT2D eigenvalue weighted by molar-refractivity contribution is 0.312. The Balaban J connectivity index is 1.91. The summed E-state index contributed by atoms with van der Waals surface area (Å²) in [5, 5.41) is 1.07. The number of allylic oxidation sites excluding steroid dienone is 4. The SMILES string of the molecule is C=C/C=C(\C=C)C(C)n1c(-c2ccc(OC)cc2)cc2c(N3CCN(C)CC3)ncnc21. The predicted octanol–water partition coefficient (Wildman–Crippen LogP) is 4.72. The molecule has 1 saturated heterocycles. The van der Waals surface area contributed by atoms with Crippen molar-refractivity contribution in [3.8, 4) is 17.0 Å². The first-order chi connectivity index (χ1) is 15.6. The molecule has 3 aromatic rings. The van der Waals surface area contributed by atoms with Crippen LogP contribution >= 0.6 is 0 Å². The zero-order valence-electron chi connectivity index (χ0n) is 19.2. The summed E-state index contributed by atoms with van der Waals surface area (Å²) >= 11 is 0. The lowest BCUT2D eigenvalue weighted by Gasteiger charge is -2.33. The molecule has 1 aromatic carbocycles. The maximum Gasteiger partial charge on any atom is 0.146 e. The Morgan fingerprint density at radius 1 is 1.09 bits per heavy atom. The van der Waals surface area contributed by atoms with Crippen LogP contribution in [0.1, 0.15) is 13.0 Å². The van der Waals surface area contributed by atoms with Gasteiger partial charge >= 0.3 is 0 Å². The highest BCUT2D eigenvalue weighted by Gasteiger charge is 2.24. The average molecular weight is 430 g/mol. The predicted molar refractivity (Wildman–Crippen MR) is 132 cm³/mol. The smallest absolute Gasteiger partial charge is 0.146 e. The summed E-state index contributed by atoms with van der Waals surface area (Å²) in [6.07, 6.45) is 7.38. The number of fused-ring (bicyclic) bond motifs is 1. The number of likely N-dealkylation sites (N-methyl/N-ethyl adjacent to an activating group) is 1. The second kappa shape index (κ2) is 9.40. The molecule has 32 heavy (non-hydrogen) atoms. The highest BCUT2D eigenvalue weighted by atomic mass is 16.5. The van der Waals surface area contributed by atoms with Crippen LogP contribution < -0.4 is 9.64 Å². The molecule has 2 aromatic heterocycles. The number of benzene rings is 1. The zero-order chi connectivity index (χ0) is 22.7. The van der Waals surface area contributed by atoms with E-state index in [-0.39, 0.29) is 6.04 Å². The minimum absolute atomic E-state index is 0.0235. The van der Waals surface area contributed by atoms with Crippen LogP contribution in [0.2, 0.25) is 0 Å². The number of nitrogens with zero attached hydrogens (tertiary/aromatic N) is 5. The molecule has 6 nitrogen and oxygen atoms in total. The Kier molecular flexibility index (Phi) is 6.42. The molecule has 1 aliphatic heterocycles. The van der Waals surface area contributed by atoms with Crippen LogP contribution in [0.3, 0.4) is 0 Å². The first-order valence-corrected chi connectivity index (χ1v) is 11.0. The number of piperazine rings is 1. The molecular weight excluding hydrogens is 398 g/mol. The van der Waals surface area contributed by atoms with E-state index in [9.17, 15) is 0 Å². The molecule has 4 rings (SSSR count). The monoisotopic (exact) mass is 429 g/mol. The largest absolute Gasteiger partial charge is 0.497 e. The van der Waals surface area contributed by atoms with Crippen molar-refractivity contribution in [1.82, 2.24) is 19.4 Å². The number of anilines is 1. The fraction of sp³-hybridized carbons (Fsp3) is 0.308. The van der Waals surface area contributed by atoms with E-state index in [1.807, 2.05) is 24.3 Å². The number of aromatic nitrogens is 3. The van der Waals surface area contributed by atoms with Crippen molar-refractivity contribution < 1.29 is 4.74 Å². The molecule has 1 unspecified atom stereocenters. The third kappa shape index (κ3) is 4.06. The maximum absolute atomic E-state index is 5.36. The van der Waals surface area contributed by atoms with E-state index in [4.69, 9.17) is 14.7 Å². The van der Waals surface area contributed by atoms with Gasteiger partial charge in [0, 0.05) is 26.2 Å². The molecule has 1 fully saturated rings. The molecule has 0 aliphatic carbocycles. The van der Waals surface area contributed by atoms with E-state index >= 15 is 0 Å². The molecule has 0 amide bonds. The van der Waals surface area contributed by atoms with Gasteiger partial charge in [-0.25, -0.2) is 9.97 Å². The first kappa shape index (κ1) is 21.8. The summed E-state index contributed by atoms with van der Waals surface area (Å²) in [5.74, 6) is 1.83. The van der Waals surface area contributed by atoms with Crippen molar-refractivity contribution in [1.29, 1.82) is 0 Å². The van der Waals surface area contributed by atoms with Crippen molar-refractivity contribution in [2.75, 3.05) is 45.2 Å². The molecule has 0 radical (unpaired) electrons. The van der Waals surface area contributed by atoms with E-state index in [2.05, 4.69) is 59.7 Å². The van der Waals surface area contributed by atoms with Gasteiger partial charge < -0.3 is 19.1 Å². The minimum atomic E-state index is 0.0235. The summed E-state index contributed by atoms with van der Waals surface area (Å²) in [6, 6.07) is 10.4. The topological polar surface area (TPSA) is 46.4 Å². The number of ether oxygens (including phenoxy) is 1. The first-order valence-electron chi connectivity index (χ1n) is 11.0. The van der Waals surface area contributed by atoms with E-state index in [1.165, 1.54) is 0 Å². The minimum Gasteiger partial charge on any atom is -0.497 e. The summed E-state index contributed by atoms with van der Waals surface area (Å²) in [6.45, 7) is 14.0. The number of hydrogen-bond acceptors (Lipinski definition) is 5. The van der Waals surface area contributed by atoms with Gasteiger partial charge in [0.15, 0.2) is 0 Å². The van der Waals surface area contributed by atoms with Gasteiger partial charge in [-0.3, -0.25) is 0 Å². The summed E-state index contributed by atoms with van der Waals surface area (Å²) < 4.78 is 7.64. The normalized spacial score (nSPS) is 16.2. The Bertz CT molecular complexity index is 1140. The Hall–Kier alpha value is -3.38. The van der Waals surface area contributed by atoms with Crippen LogP contribution in [-0.2, 0) is 0 Å². The molecule has 0 saturated carbocycles. The molecular formula is C26H31N5O. The molecule has 166 valence electrons. The zero-order valence-corrected chi connectivity index (χ0v) is 19.2. The number of hydrogen-bond donors (Lipinski definition) is 0. The molecule has 3 heterocycles.